The standard InChI is InChI=1S/C18H15FN2O3S/c1-2-24-15-9-11(3-8-14(15)22)10-16-17(23)21-18(25-16)20-13-6-4-12(19)5-7-13/h3-10,22H,2H2,1H3,(H,20,21,23)/b16-10-. The Bertz CT molecular complexity index is 863. The van der Waals surface area contributed by atoms with Crippen LogP contribution in [0.4, 0.5) is 10.1 Å². The molecule has 1 amide bonds. The lowest BCUT2D eigenvalue weighted by Crippen LogP contribution is -2.19. The summed E-state index contributed by atoms with van der Waals surface area (Å²) < 4.78 is 18.3. The number of ether oxygens (including phenoxy) is 1. The Labute approximate surface area is 148 Å². The first-order chi connectivity index (χ1) is 12.0. The number of carbonyl (C=O) groups is 1. The average Bonchev–Trinajstić information content (AvgIpc) is 2.92. The van der Waals surface area contributed by atoms with Crippen LogP contribution in [-0.2, 0) is 4.79 Å². The van der Waals surface area contributed by atoms with Gasteiger partial charge in [0.1, 0.15) is 5.82 Å². The monoisotopic (exact) mass is 358 g/mol. The highest BCUT2D eigenvalue weighted by Crippen LogP contribution is 2.31. The summed E-state index contributed by atoms with van der Waals surface area (Å²) in [7, 11) is 0. The van der Waals surface area contributed by atoms with E-state index in [0.717, 1.165) is 5.56 Å². The number of halogens is 1. The van der Waals surface area contributed by atoms with Crippen LogP contribution in [-0.4, -0.2) is 22.8 Å². The normalized spacial score (nSPS) is 17.1. The van der Waals surface area contributed by atoms with E-state index in [-0.39, 0.29) is 17.5 Å². The van der Waals surface area contributed by atoms with Gasteiger partial charge in [0.15, 0.2) is 16.7 Å². The topological polar surface area (TPSA) is 70.9 Å². The molecule has 0 aliphatic carbocycles. The number of carbonyl (C=O) groups excluding carboxylic acids is 1. The quantitative estimate of drug-likeness (QED) is 0.815. The van der Waals surface area contributed by atoms with Crippen molar-refractivity contribution in [2.24, 2.45) is 4.99 Å². The molecule has 25 heavy (non-hydrogen) atoms. The minimum absolute atomic E-state index is 0.0473. The SMILES string of the molecule is CCOc1cc(/C=C2\SC(=Nc3ccc(F)cc3)NC2=O)ccc1O. The van der Waals surface area contributed by atoms with Crippen molar-refractivity contribution in [3.63, 3.8) is 0 Å². The number of hydrogen-bond acceptors (Lipinski definition) is 5. The fourth-order valence-electron chi connectivity index (χ4n) is 2.16. The fraction of sp³-hybridized carbons (Fsp3) is 0.111. The van der Waals surface area contributed by atoms with Crippen molar-refractivity contribution in [3.05, 3.63) is 58.8 Å². The van der Waals surface area contributed by atoms with Gasteiger partial charge in [0.05, 0.1) is 17.2 Å². The summed E-state index contributed by atoms with van der Waals surface area (Å²) in [6.07, 6.45) is 1.69. The van der Waals surface area contributed by atoms with Crippen molar-refractivity contribution >= 4 is 34.6 Å². The molecule has 2 N–H and O–H groups in total. The molecule has 0 unspecified atom stereocenters. The van der Waals surface area contributed by atoms with Crippen LogP contribution in [0, 0.1) is 5.82 Å². The summed E-state index contributed by atoms with van der Waals surface area (Å²) in [5.41, 5.74) is 1.27. The van der Waals surface area contributed by atoms with Crippen LogP contribution in [0.25, 0.3) is 6.08 Å². The highest BCUT2D eigenvalue weighted by Gasteiger charge is 2.23. The summed E-state index contributed by atoms with van der Waals surface area (Å²) >= 11 is 1.19. The number of phenols is 1. The number of nitrogens with zero attached hydrogens (tertiary/aromatic N) is 1. The van der Waals surface area contributed by atoms with Gasteiger partial charge in [-0.25, -0.2) is 9.38 Å². The zero-order chi connectivity index (χ0) is 17.8. The second-order valence-corrected chi connectivity index (χ2v) is 6.15. The number of hydrogen-bond donors (Lipinski definition) is 2. The van der Waals surface area contributed by atoms with E-state index in [0.29, 0.717) is 28.1 Å². The van der Waals surface area contributed by atoms with Gasteiger partial charge in [-0.05, 0) is 66.7 Å². The van der Waals surface area contributed by atoms with Crippen LogP contribution >= 0.6 is 11.8 Å². The summed E-state index contributed by atoms with van der Waals surface area (Å²) in [4.78, 5) is 16.8. The summed E-state index contributed by atoms with van der Waals surface area (Å²) in [6.45, 7) is 2.25. The van der Waals surface area contributed by atoms with Crippen LogP contribution in [0.15, 0.2) is 52.4 Å². The number of nitrogens with one attached hydrogen (secondary N) is 1. The number of phenolic OH excluding ortho intramolecular Hbond substituents is 1. The number of aliphatic imine (C=N–C) groups is 1. The number of aromatic hydroxyl groups is 1. The number of rotatable bonds is 4. The van der Waals surface area contributed by atoms with Crippen molar-refractivity contribution < 1.29 is 19.0 Å². The fourth-order valence-corrected chi connectivity index (χ4v) is 3.00. The maximum absolute atomic E-state index is 12.9. The molecule has 5 nitrogen and oxygen atoms in total. The predicted molar refractivity (Wildman–Crippen MR) is 96.5 cm³/mol. The first-order valence-electron chi connectivity index (χ1n) is 7.56. The molecular formula is C18H15FN2O3S. The molecule has 0 atom stereocenters. The Morgan fingerprint density at radius 1 is 1.28 bits per heavy atom. The highest BCUT2D eigenvalue weighted by molar-refractivity contribution is 8.18. The van der Waals surface area contributed by atoms with Gasteiger partial charge in [-0.3, -0.25) is 4.79 Å². The zero-order valence-electron chi connectivity index (χ0n) is 13.3. The van der Waals surface area contributed by atoms with E-state index < -0.39 is 0 Å². The Morgan fingerprint density at radius 3 is 2.76 bits per heavy atom. The van der Waals surface area contributed by atoms with Gasteiger partial charge in [0.25, 0.3) is 5.91 Å². The third-order valence-electron chi connectivity index (χ3n) is 3.29. The van der Waals surface area contributed by atoms with E-state index in [2.05, 4.69) is 10.3 Å². The maximum atomic E-state index is 12.9. The van der Waals surface area contributed by atoms with Crippen LogP contribution < -0.4 is 10.1 Å². The predicted octanol–water partition coefficient (Wildman–Crippen LogP) is 3.82. The van der Waals surface area contributed by atoms with E-state index in [1.165, 1.54) is 42.1 Å². The average molecular weight is 358 g/mol. The van der Waals surface area contributed by atoms with Gasteiger partial charge in [-0.1, -0.05) is 6.07 Å². The molecule has 1 heterocycles. The molecule has 0 saturated carbocycles. The molecule has 2 aromatic carbocycles. The van der Waals surface area contributed by atoms with Crippen molar-refractivity contribution in [2.45, 2.75) is 6.92 Å². The minimum Gasteiger partial charge on any atom is -0.504 e. The Hall–Kier alpha value is -2.80. The van der Waals surface area contributed by atoms with Crippen LogP contribution in [0.2, 0.25) is 0 Å². The molecule has 0 aromatic heterocycles. The van der Waals surface area contributed by atoms with Crippen molar-refractivity contribution in [3.8, 4) is 11.5 Å². The third kappa shape index (κ3) is 4.19. The molecule has 0 bridgehead atoms. The van der Waals surface area contributed by atoms with E-state index >= 15 is 0 Å². The van der Waals surface area contributed by atoms with E-state index in [9.17, 15) is 14.3 Å². The van der Waals surface area contributed by atoms with E-state index in [4.69, 9.17) is 4.74 Å². The van der Waals surface area contributed by atoms with Crippen molar-refractivity contribution in [1.29, 1.82) is 0 Å². The van der Waals surface area contributed by atoms with Crippen LogP contribution in [0.1, 0.15) is 12.5 Å². The van der Waals surface area contributed by atoms with E-state index in [1.54, 1.807) is 18.2 Å². The van der Waals surface area contributed by atoms with Gasteiger partial charge >= 0.3 is 0 Å². The second kappa shape index (κ2) is 7.40. The second-order valence-electron chi connectivity index (χ2n) is 5.12. The van der Waals surface area contributed by atoms with Gasteiger partial charge in [-0.2, -0.15) is 0 Å². The first-order valence-corrected chi connectivity index (χ1v) is 8.38. The van der Waals surface area contributed by atoms with Gasteiger partial charge in [0, 0.05) is 0 Å². The molecule has 1 saturated heterocycles. The largest absolute Gasteiger partial charge is 0.504 e. The van der Waals surface area contributed by atoms with Crippen molar-refractivity contribution in [1.82, 2.24) is 5.32 Å². The molecular weight excluding hydrogens is 343 g/mol. The van der Waals surface area contributed by atoms with E-state index in [1.807, 2.05) is 6.92 Å². The van der Waals surface area contributed by atoms with Crippen LogP contribution in [0.5, 0.6) is 11.5 Å². The smallest absolute Gasteiger partial charge is 0.264 e. The molecule has 128 valence electrons. The Morgan fingerprint density at radius 2 is 2.04 bits per heavy atom. The lowest BCUT2D eigenvalue weighted by atomic mass is 10.2. The maximum Gasteiger partial charge on any atom is 0.264 e. The summed E-state index contributed by atoms with van der Waals surface area (Å²) in [5.74, 6) is -0.200. The van der Waals surface area contributed by atoms with Gasteiger partial charge in [-0.15, -0.1) is 0 Å². The Balaban J connectivity index is 1.81. The lowest BCUT2D eigenvalue weighted by Gasteiger charge is -2.06. The number of benzene rings is 2. The summed E-state index contributed by atoms with van der Waals surface area (Å²) in [5, 5.41) is 12.8. The van der Waals surface area contributed by atoms with Crippen LogP contribution in [0.3, 0.4) is 0 Å². The van der Waals surface area contributed by atoms with Gasteiger partial charge in [0.2, 0.25) is 0 Å². The molecule has 3 rings (SSSR count). The first kappa shape index (κ1) is 17.0. The molecule has 1 aliphatic rings. The summed E-state index contributed by atoms with van der Waals surface area (Å²) in [6, 6.07) is 10.5. The lowest BCUT2D eigenvalue weighted by molar-refractivity contribution is -0.115. The molecule has 2 aromatic rings. The molecule has 7 heteroatoms. The highest BCUT2D eigenvalue weighted by atomic mass is 32.2. The third-order valence-corrected chi connectivity index (χ3v) is 4.20. The number of amides is 1. The zero-order valence-corrected chi connectivity index (χ0v) is 14.1. The number of amidine groups is 1. The molecule has 0 radical (unpaired) electrons. The number of thioether (sulfide) groups is 1. The van der Waals surface area contributed by atoms with Gasteiger partial charge < -0.3 is 15.2 Å². The molecule has 1 aliphatic heterocycles. The minimum atomic E-state index is -0.343. The molecule has 1 fully saturated rings. The Kier molecular flexibility index (Phi) is 5.04. The molecule has 0 spiro atoms. The van der Waals surface area contributed by atoms with Crippen molar-refractivity contribution in [2.75, 3.05) is 6.61 Å².